The summed E-state index contributed by atoms with van der Waals surface area (Å²) >= 11 is 0. The van der Waals surface area contributed by atoms with E-state index in [0.29, 0.717) is 5.92 Å². The summed E-state index contributed by atoms with van der Waals surface area (Å²) in [6.07, 6.45) is 6.09. The average molecular weight is 361 g/mol. The van der Waals surface area contributed by atoms with Gasteiger partial charge in [0.1, 0.15) is 17.8 Å². The van der Waals surface area contributed by atoms with Crippen LogP contribution in [-0.2, 0) is 6.42 Å². The van der Waals surface area contributed by atoms with Crippen LogP contribution in [0.1, 0.15) is 43.0 Å². The summed E-state index contributed by atoms with van der Waals surface area (Å²) in [5.74, 6) is 1.49. The molecule has 1 radical (unpaired) electrons. The topological polar surface area (TPSA) is 63.0 Å². The van der Waals surface area contributed by atoms with Crippen molar-refractivity contribution < 1.29 is 5.11 Å². The molecule has 0 saturated heterocycles. The Hall–Kier alpha value is -2.40. The summed E-state index contributed by atoms with van der Waals surface area (Å²) in [5.41, 5.74) is 3.72. The van der Waals surface area contributed by atoms with E-state index in [1.807, 2.05) is 0 Å². The zero-order chi connectivity index (χ0) is 18.5. The van der Waals surface area contributed by atoms with E-state index in [-0.39, 0.29) is 24.1 Å². The van der Waals surface area contributed by atoms with Crippen LogP contribution < -0.4 is 5.32 Å². The van der Waals surface area contributed by atoms with Crippen LogP contribution in [0, 0.1) is 18.8 Å². The lowest BCUT2D eigenvalue weighted by molar-refractivity contribution is 0.149. The Kier molecular flexibility index (Phi) is 3.93. The number of fused-ring (bicyclic) bond motifs is 2. The Morgan fingerprint density at radius 3 is 2.85 bits per heavy atom. The molecule has 0 unspecified atom stereocenters. The van der Waals surface area contributed by atoms with Gasteiger partial charge in [-0.15, -0.1) is 0 Å². The van der Waals surface area contributed by atoms with Crippen LogP contribution in [-0.4, -0.2) is 25.7 Å². The van der Waals surface area contributed by atoms with E-state index in [1.54, 1.807) is 6.33 Å². The second kappa shape index (κ2) is 6.34. The van der Waals surface area contributed by atoms with Crippen molar-refractivity contribution in [2.45, 2.75) is 44.4 Å². The molecule has 27 heavy (non-hydrogen) atoms. The fourth-order valence-electron chi connectivity index (χ4n) is 4.84. The van der Waals surface area contributed by atoms with Gasteiger partial charge in [0, 0.05) is 12.2 Å². The van der Waals surface area contributed by atoms with E-state index in [1.165, 1.54) is 11.1 Å². The number of hydrogen-bond acceptors (Lipinski definition) is 4. The molecule has 5 heteroatoms. The van der Waals surface area contributed by atoms with Gasteiger partial charge in [0.25, 0.3) is 0 Å². The van der Waals surface area contributed by atoms with Crippen LogP contribution in [0.15, 0.2) is 42.9 Å². The van der Waals surface area contributed by atoms with Crippen LogP contribution in [0.4, 0.5) is 5.82 Å². The Labute approximate surface area is 159 Å². The Bertz CT molecular complexity index is 971. The van der Waals surface area contributed by atoms with E-state index in [0.717, 1.165) is 36.1 Å². The smallest absolute Gasteiger partial charge is 0.145 e. The summed E-state index contributed by atoms with van der Waals surface area (Å²) in [5, 5.41) is 14.8. The average Bonchev–Trinajstić information content (AvgIpc) is 3.32. The summed E-state index contributed by atoms with van der Waals surface area (Å²) in [7, 11) is 0. The van der Waals surface area contributed by atoms with Gasteiger partial charge in [-0.3, -0.25) is 0 Å². The fourth-order valence-corrected chi connectivity index (χ4v) is 4.84. The highest BCUT2D eigenvalue weighted by atomic mass is 16.3. The number of nitrogens with zero attached hydrogens (tertiary/aromatic N) is 3. The molecule has 0 bridgehead atoms. The maximum Gasteiger partial charge on any atom is 0.145 e. The van der Waals surface area contributed by atoms with E-state index in [2.05, 4.69) is 70.2 Å². The van der Waals surface area contributed by atoms with Crippen molar-refractivity contribution in [1.29, 1.82) is 0 Å². The van der Waals surface area contributed by atoms with Crippen molar-refractivity contribution in [1.82, 2.24) is 14.5 Å². The van der Waals surface area contributed by atoms with Crippen molar-refractivity contribution in [2.75, 3.05) is 5.32 Å². The van der Waals surface area contributed by atoms with Gasteiger partial charge >= 0.3 is 0 Å². The number of aliphatic hydroxyl groups excluding tert-OH is 1. The van der Waals surface area contributed by atoms with Crippen LogP contribution in [0.2, 0.25) is 0 Å². The molecule has 139 valence electrons. The molecule has 2 aromatic heterocycles. The monoisotopic (exact) mass is 361 g/mol. The van der Waals surface area contributed by atoms with Gasteiger partial charge in [-0.1, -0.05) is 31.2 Å². The largest absolute Gasteiger partial charge is 0.393 e. The summed E-state index contributed by atoms with van der Waals surface area (Å²) in [6, 6.07) is 11.3. The molecule has 5 atom stereocenters. The molecular formula is C22H25N4O. The zero-order valence-electron chi connectivity index (χ0n) is 15.5. The molecule has 3 aromatic rings. The van der Waals surface area contributed by atoms with Crippen molar-refractivity contribution in [2.24, 2.45) is 11.8 Å². The van der Waals surface area contributed by atoms with Gasteiger partial charge in [0.05, 0.1) is 17.5 Å². The van der Waals surface area contributed by atoms with Crippen LogP contribution in [0.25, 0.3) is 11.0 Å². The maximum atomic E-state index is 10.1. The van der Waals surface area contributed by atoms with E-state index in [9.17, 15) is 5.11 Å². The number of nitrogens with one attached hydrogen (secondary N) is 1. The van der Waals surface area contributed by atoms with Gasteiger partial charge < -0.3 is 15.0 Å². The van der Waals surface area contributed by atoms with E-state index < -0.39 is 0 Å². The number of benzene rings is 1. The molecule has 2 aliphatic rings. The quantitative estimate of drug-likeness (QED) is 0.742. The number of hydrogen-bond donors (Lipinski definition) is 2. The molecule has 0 aliphatic heterocycles. The minimum atomic E-state index is -0.331. The molecule has 0 amide bonds. The predicted octanol–water partition coefficient (Wildman–Crippen LogP) is 3.92. The molecule has 5 nitrogen and oxygen atoms in total. The van der Waals surface area contributed by atoms with Crippen molar-refractivity contribution in [3.63, 3.8) is 0 Å². The van der Waals surface area contributed by atoms with Gasteiger partial charge in [-0.05, 0) is 55.2 Å². The van der Waals surface area contributed by atoms with Gasteiger partial charge in [0.15, 0.2) is 0 Å². The van der Waals surface area contributed by atoms with E-state index >= 15 is 0 Å². The van der Waals surface area contributed by atoms with Crippen molar-refractivity contribution in [3.8, 4) is 0 Å². The first-order chi connectivity index (χ1) is 13.1. The molecule has 1 aromatic carbocycles. The van der Waals surface area contributed by atoms with Gasteiger partial charge in [0.2, 0.25) is 0 Å². The Balaban J connectivity index is 1.49. The first-order valence-corrected chi connectivity index (χ1v) is 9.79. The standard InChI is InChI=1S/C22H25N4O/c1-13-10-16(11-19(13)27)26-8-7-18-21(23-12-24-22(18)26)25-20-14(2)9-15-5-3-4-6-17(15)20/h3-8,12-14,16,19-20,27H,1,9-11H2,2H3,(H,23,24,25)/t13-,14-,16+,19-,20-/m0/s1. The van der Waals surface area contributed by atoms with E-state index in [4.69, 9.17) is 0 Å². The highest BCUT2D eigenvalue weighted by Gasteiger charge is 2.33. The van der Waals surface area contributed by atoms with Crippen LogP contribution >= 0.6 is 0 Å². The van der Waals surface area contributed by atoms with Crippen LogP contribution in [0.5, 0.6) is 0 Å². The third-order valence-corrected chi connectivity index (χ3v) is 6.33. The predicted molar refractivity (Wildman–Crippen MR) is 106 cm³/mol. The zero-order valence-corrected chi connectivity index (χ0v) is 15.5. The normalized spacial score (nSPS) is 30.0. The summed E-state index contributed by atoms with van der Waals surface area (Å²) < 4.78 is 2.18. The Morgan fingerprint density at radius 1 is 1.19 bits per heavy atom. The number of rotatable bonds is 3. The minimum absolute atomic E-state index is 0.0859. The molecule has 2 N–H and O–H groups in total. The molecular weight excluding hydrogens is 336 g/mol. The molecule has 2 heterocycles. The first kappa shape index (κ1) is 16.8. The second-order valence-electron chi connectivity index (χ2n) is 8.14. The molecule has 2 aliphatic carbocycles. The highest BCUT2D eigenvalue weighted by Crippen LogP contribution is 2.40. The van der Waals surface area contributed by atoms with Crippen molar-refractivity contribution in [3.05, 3.63) is 60.9 Å². The molecule has 1 fully saturated rings. The highest BCUT2D eigenvalue weighted by molar-refractivity contribution is 5.87. The number of aliphatic hydroxyl groups is 1. The summed E-state index contributed by atoms with van der Waals surface area (Å²) in [6.45, 7) is 6.35. The second-order valence-corrected chi connectivity index (χ2v) is 8.14. The van der Waals surface area contributed by atoms with Gasteiger partial charge in [-0.2, -0.15) is 0 Å². The lowest BCUT2D eigenvalue weighted by atomic mass is 10.0. The lowest BCUT2D eigenvalue weighted by Crippen LogP contribution is -2.15. The summed E-state index contributed by atoms with van der Waals surface area (Å²) in [4.78, 5) is 9.09. The fraction of sp³-hybridized carbons (Fsp3) is 0.409. The minimum Gasteiger partial charge on any atom is -0.393 e. The third kappa shape index (κ3) is 2.72. The molecule has 5 rings (SSSR count). The molecule has 0 spiro atoms. The SMILES string of the molecule is [CH2][C@H]1C[C@@H](n2ccc3c(N[C@@H]4c5ccccc5C[C@@H]4C)ncnc32)C[C@@H]1O. The lowest BCUT2D eigenvalue weighted by Gasteiger charge is -2.20. The van der Waals surface area contributed by atoms with Crippen molar-refractivity contribution >= 4 is 16.9 Å². The maximum absolute atomic E-state index is 10.1. The third-order valence-electron chi connectivity index (χ3n) is 6.33. The number of anilines is 1. The molecule has 1 saturated carbocycles. The number of aromatic nitrogens is 3. The Morgan fingerprint density at radius 2 is 2.04 bits per heavy atom. The van der Waals surface area contributed by atoms with Gasteiger partial charge in [-0.25, -0.2) is 9.97 Å². The first-order valence-electron chi connectivity index (χ1n) is 9.79. The van der Waals surface area contributed by atoms with Crippen LogP contribution in [0.3, 0.4) is 0 Å².